The lowest BCUT2D eigenvalue weighted by atomic mass is 9.78. The Bertz CT molecular complexity index is 1270. The van der Waals surface area contributed by atoms with Gasteiger partial charge < -0.3 is 10.1 Å². The van der Waals surface area contributed by atoms with Crippen LogP contribution in [-0.4, -0.2) is 11.5 Å². The topological polar surface area (TPSA) is 38.3 Å². The van der Waals surface area contributed by atoms with Crippen LogP contribution in [0.2, 0.25) is 0 Å². The molecule has 0 fully saturated rings. The Hall–Kier alpha value is -3.28. The highest BCUT2D eigenvalue weighted by Gasteiger charge is 2.45. The summed E-state index contributed by atoms with van der Waals surface area (Å²) in [6.07, 6.45) is -4.42. The molecule has 0 bridgehead atoms. The third-order valence-electron chi connectivity index (χ3n) is 6.97. The quantitative estimate of drug-likeness (QED) is 0.421. The highest BCUT2D eigenvalue weighted by Crippen LogP contribution is 2.53. The lowest BCUT2D eigenvalue weighted by molar-refractivity contribution is -0.137. The number of nitrogens with one attached hydrogen (secondary N) is 1. The molecule has 35 heavy (non-hydrogen) atoms. The maximum atomic E-state index is 12.9. The number of rotatable bonds is 4. The molecular weight excluding hydrogens is 451 g/mol. The molecule has 3 nitrogen and oxygen atoms in total. The van der Waals surface area contributed by atoms with E-state index in [9.17, 15) is 18.0 Å². The lowest BCUT2D eigenvalue weighted by Crippen LogP contribution is -2.31. The molecule has 4 rings (SSSR count). The van der Waals surface area contributed by atoms with Crippen LogP contribution in [0.25, 0.3) is 0 Å². The summed E-state index contributed by atoms with van der Waals surface area (Å²) in [5, 5.41) is 3.03. The van der Waals surface area contributed by atoms with Crippen molar-refractivity contribution in [3.05, 3.63) is 93.0 Å². The predicted octanol–water partition coefficient (Wildman–Crippen LogP) is 7.42. The molecule has 0 saturated heterocycles. The summed E-state index contributed by atoms with van der Waals surface area (Å²) < 4.78 is 45.0. The van der Waals surface area contributed by atoms with Crippen LogP contribution in [0.15, 0.2) is 48.5 Å². The molecule has 6 heteroatoms. The molecule has 3 aromatic rings. The van der Waals surface area contributed by atoms with Crippen LogP contribution in [0.4, 0.5) is 18.9 Å². The maximum Gasteiger partial charge on any atom is 0.416 e. The van der Waals surface area contributed by atoms with Crippen molar-refractivity contribution in [3.8, 4) is 5.75 Å². The van der Waals surface area contributed by atoms with Crippen LogP contribution in [0.3, 0.4) is 0 Å². The van der Waals surface area contributed by atoms with E-state index in [1.165, 1.54) is 17.7 Å². The van der Waals surface area contributed by atoms with E-state index in [2.05, 4.69) is 50.4 Å². The van der Waals surface area contributed by atoms with Gasteiger partial charge in [-0.1, -0.05) is 42.0 Å². The molecule has 1 aliphatic heterocycles. The van der Waals surface area contributed by atoms with Crippen molar-refractivity contribution in [2.75, 3.05) is 5.32 Å². The molecule has 0 unspecified atom stereocenters. The highest BCUT2D eigenvalue weighted by molar-refractivity contribution is 5.94. The molecule has 0 spiro atoms. The first-order valence-corrected chi connectivity index (χ1v) is 11.6. The van der Waals surface area contributed by atoms with Crippen molar-refractivity contribution in [1.82, 2.24) is 0 Å². The molecule has 184 valence electrons. The zero-order chi connectivity index (χ0) is 25.7. The maximum absolute atomic E-state index is 12.9. The molecule has 1 heterocycles. The van der Waals surface area contributed by atoms with Crippen molar-refractivity contribution in [2.24, 2.45) is 0 Å². The second kappa shape index (κ2) is 8.74. The molecule has 0 saturated carbocycles. The number of hydrogen-bond donors (Lipinski definition) is 1. The summed E-state index contributed by atoms with van der Waals surface area (Å²) in [6.45, 7) is 12.1. The van der Waals surface area contributed by atoms with Crippen LogP contribution in [0, 0.1) is 27.7 Å². The predicted molar refractivity (Wildman–Crippen MR) is 132 cm³/mol. The summed E-state index contributed by atoms with van der Waals surface area (Å²) in [6, 6.07) is 13.1. The molecule has 1 amide bonds. The first-order chi connectivity index (χ1) is 16.3. The number of fused-ring (bicyclic) bond motifs is 1. The number of benzene rings is 3. The van der Waals surface area contributed by atoms with E-state index in [1.54, 1.807) is 0 Å². The summed E-state index contributed by atoms with van der Waals surface area (Å²) in [7, 11) is 0. The zero-order valence-electron chi connectivity index (χ0n) is 20.9. The smallest absolute Gasteiger partial charge is 0.416 e. The molecular formula is C29H30F3NO2. The standard InChI is InChI=1S/C29H30F3NO2/c1-16-7-11-21(12-8-16)25-24-19(4)26(17(2)18(3)27(24)35-28(25,5)6)33-23(34)15-20-9-13-22(14-10-20)29(30,31)32/h7-14,25H,15H2,1-6H3,(H,33,34)/t25-/m1/s1. The van der Waals surface area contributed by atoms with Gasteiger partial charge in [-0.05, 0) is 81.5 Å². The van der Waals surface area contributed by atoms with Crippen molar-refractivity contribution >= 4 is 11.6 Å². The number of amides is 1. The molecule has 0 radical (unpaired) electrons. The Balaban J connectivity index is 1.67. The minimum Gasteiger partial charge on any atom is -0.486 e. The van der Waals surface area contributed by atoms with Crippen molar-refractivity contribution in [3.63, 3.8) is 0 Å². The number of carbonyl (C=O) groups excluding carboxylic acids is 1. The van der Waals surface area contributed by atoms with E-state index in [0.29, 0.717) is 5.56 Å². The Morgan fingerprint density at radius 1 is 0.914 bits per heavy atom. The van der Waals surface area contributed by atoms with Crippen LogP contribution in [0.5, 0.6) is 5.75 Å². The van der Waals surface area contributed by atoms with Crippen LogP contribution >= 0.6 is 0 Å². The van der Waals surface area contributed by atoms with Gasteiger partial charge in [0.1, 0.15) is 11.4 Å². The Labute approximate surface area is 204 Å². The van der Waals surface area contributed by atoms with Crippen molar-refractivity contribution in [2.45, 2.75) is 65.7 Å². The van der Waals surface area contributed by atoms with Gasteiger partial charge in [0.05, 0.1) is 17.9 Å². The van der Waals surface area contributed by atoms with E-state index in [4.69, 9.17) is 4.74 Å². The van der Waals surface area contributed by atoms with E-state index >= 15 is 0 Å². The normalized spacial score (nSPS) is 16.5. The summed E-state index contributed by atoms with van der Waals surface area (Å²) >= 11 is 0. The molecule has 0 aromatic heterocycles. The van der Waals surface area contributed by atoms with Gasteiger partial charge in [-0.25, -0.2) is 0 Å². The molecule has 1 aliphatic rings. The number of carbonyl (C=O) groups is 1. The van der Waals surface area contributed by atoms with Crippen LogP contribution in [-0.2, 0) is 17.4 Å². The van der Waals surface area contributed by atoms with Gasteiger partial charge in [0.2, 0.25) is 5.91 Å². The number of hydrogen-bond acceptors (Lipinski definition) is 2. The van der Waals surface area contributed by atoms with Gasteiger partial charge in [0.15, 0.2) is 0 Å². The van der Waals surface area contributed by atoms with Gasteiger partial charge in [0, 0.05) is 11.3 Å². The Morgan fingerprint density at radius 3 is 2.09 bits per heavy atom. The van der Waals surface area contributed by atoms with Gasteiger partial charge in [-0.2, -0.15) is 13.2 Å². The first kappa shape index (κ1) is 24.8. The van der Waals surface area contributed by atoms with Gasteiger partial charge in [-0.3, -0.25) is 4.79 Å². The number of anilines is 1. The Kier molecular flexibility index (Phi) is 6.20. The third-order valence-corrected chi connectivity index (χ3v) is 6.97. The largest absolute Gasteiger partial charge is 0.486 e. The average molecular weight is 482 g/mol. The molecule has 3 aromatic carbocycles. The third kappa shape index (κ3) is 4.66. The lowest BCUT2D eigenvalue weighted by Gasteiger charge is -2.27. The summed E-state index contributed by atoms with van der Waals surface area (Å²) in [5.41, 5.74) is 6.27. The van der Waals surface area contributed by atoms with E-state index in [-0.39, 0.29) is 18.2 Å². The fraction of sp³-hybridized carbons (Fsp3) is 0.345. The first-order valence-electron chi connectivity index (χ1n) is 11.6. The van der Waals surface area contributed by atoms with E-state index < -0.39 is 17.3 Å². The second-order valence-electron chi connectivity index (χ2n) is 9.96. The Morgan fingerprint density at radius 2 is 1.51 bits per heavy atom. The number of aryl methyl sites for hydroxylation is 1. The second-order valence-corrected chi connectivity index (χ2v) is 9.96. The number of alkyl halides is 3. The van der Waals surface area contributed by atoms with Crippen molar-refractivity contribution < 1.29 is 22.7 Å². The van der Waals surface area contributed by atoms with E-state index in [1.807, 2.05) is 20.8 Å². The summed E-state index contributed by atoms with van der Waals surface area (Å²) in [5.74, 6) is 0.569. The number of ether oxygens (including phenoxy) is 1. The van der Waals surface area contributed by atoms with Crippen LogP contribution in [0.1, 0.15) is 64.3 Å². The minimum atomic E-state index is -4.40. The molecule has 1 N–H and O–H groups in total. The molecule has 0 aliphatic carbocycles. The minimum absolute atomic E-state index is 0.0111. The zero-order valence-corrected chi connectivity index (χ0v) is 20.9. The highest BCUT2D eigenvalue weighted by atomic mass is 19.4. The number of halogens is 3. The van der Waals surface area contributed by atoms with Gasteiger partial charge >= 0.3 is 6.18 Å². The van der Waals surface area contributed by atoms with E-state index in [0.717, 1.165) is 51.4 Å². The summed E-state index contributed by atoms with van der Waals surface area (Å²) in [4.78, 5) is 12.9. The SMILES string of the molecule is Cc1ccc([C@@H]2c3c(C)c(NC(=O)Cc4ccc(C(F)(F)F)cc4)c(C)c(C)c3OC2(C)C)cc1. The fourth-order valence-corrected chi connectivity index (χ4v) is 4.99. The van der Waals surface area contributed by atoms with Crippen LogP contribution < -0.4 is 10.1 Å². The monoisotopic (exact) mass is 481 g/mol. The van der Waals surface area contributed by atoms with Gasteiger partial charge in [0.25, 0.3) is 0 Å². The average Bonchev–Trinajstić information content (AvgIpc) is 3.07. The molecule has 1 atom stereocenters. The van der Waals surface area contributed by atoms with Gasteiger partial charge in [-0.15, -0.1) is 0 Å². The fourth-order valence-electron chi connectivity index (χ4n) is 4.99. The van der Waals surface area contributed by atoms with Crippen molar-refractivity contribution in [1.29, 1.82) is 0 Å².